The molecular weight excluding hydrogens is 226 g/mol. The molecule has 2 heteroatoms. The highest BCUT2D eigenvalue weighted by Gasteiger charge is 2.29. The number of halogens is 1. The largest absolute Gasteiger partial charge is 0.322 e. The number of hydrogen-bond acceptors (Lipinski definition) is 1. The van der Waals surface area contributed by atoms with E-state index < -0.39 is 0 Å². The minimum atomic E-state index is -0.145. The lowest BCUT2D eigenvalue weighted by Crippen LogP contribution is -2.37. The van der Waals surface area contributed by atoms with Gasteiger partial charge in [-0.25, -0.2) is 0 Å². The molecule has 0 heterocycles. The van der Waals surface area contributed by atoms with Crippen LogP contribution in [0.2, 0.25) is 0 Å². The van der Waals surface area contributed by atoms with E-state index in [4.69, 9.17) is 5.73 Å². The molecule has 0 saturated carbocycles. The van der Waals surface area contributed by atoms with E-state index in [1.54, 1.807) is 0 Å². The van der Waals surface area contributed by atoms with Crippen molar-refractivity contribution in [3.8, 4) is 0 Å². The van der Waals surface area contributed by atoms with Gasteiger partial charge in [0.25, 0.3) is 0 Å². The molecule has 1 atom stereocenters. The van der Waals surface area contributed by atoms with Gasteiger partial charge < -0.3 is 5.73 Å². The summed E-state index contributed by atoms with van der Waals surface area (Å²) in [6.45, 7) is 2.12. The Morgan fingerprint density at radius 2 is 2.23 bits per heavy atom. The summed E-state index contributed by atoms with van der Waals surface area (Å²) in [6.07, 6.45) is 3.46. The number of benzene rings is 1. The summed E-state index contributed by atoms with van der Waals surface area (Å²) >= 11 is 3.58. The minimum absolute atomic E-state index is 0.145. The van der Waals surface area contributed by atoms with Gasteiger partial charge in [-0.15, -0.1) is 0 Å². The molecule has 1 nitrogen and oxygen atoms in total. The van der Waals surface area contributed by atoms with Crippen LogP contribution in [0.15, 0.2) is 22.7 Å². The van der Waals surface area contributed by atoms with Crippen molar-refractivity contribution in [3.05, 3.63) is 33.8 Å². The molecule has 0 fully saturated rings. The van der Waals surface area contributed by atoms with Gasteiger partial charge in [-0.1, -0.05) is 28.1 Å². The van der Waals surface area contributed by atoms with Crippen LogP contribution in [0.25, 0.3) is 0 Å². The standard InChI is InChI=1S/C11H14BrN/c1-11(13)7-3-5-8-4-2-6-9(12)10(8)11/h2,4,6H,3,5,7,13H2,1H3. The molecule has 1 unspecified atom stereocenters. The molecule has 0 bridgehead atoms. The van der Waals surface area contributed by atoms with Gasteiger partial charge in [0.1, 0.15) is 0 Å². The van der Waals surface area contributed by atoms with Crippen LogP contribution in [0, 0.1) is 0 Å². The van der Waals surface area contributed by atoms with Gasteiger partial charge in [0.2, 0.25) is 0 Å². The van der Waals surface area contributed by atoms with E-state index in [9.17, 15) is 0 Å². The van der Waals surface area contributed by atoms with Crippen LogP contribution in [0.4, 0.5) is 0 Å². The van der Waals surface area contributed by atoms with E-state index >= 15 is 0 Å². The summed E-state index contributed by atoms with van der Waals surface area (Å²) in [5, 5.41) is 0. The molecule has 1 aliphatic carbocycles. The molecule has 0 spiro atoms. The topological polar surface area (TPSA) is 26.0 Å². The van der Waals surface area contributed by atoms with Crippen LogP contribution in [0.5, 0.6) is 0 Å². The Morgan fingerprint density at radius 1 is 1.46 bits per heavy atom. The molecule has 0 aliphatic heterocycles. The van der Waals surface area contributed by atoms with Gasteiger partial charge in [0, 0.05) is 10.0 Å². The summed E-state index contributed by atoms with van der Waals surface area (Å²) in [7, 11) is 0. The van der Waals surface area contributed by atoms with Crippen LogP contribution < -0.4 is 5.73 Å². The predicted octanol–water partition coefficient (Wildman–Crippen LogP) is 2.96. The predicted molar refractivity (Wildman–Crippen MR) is 58.6 cm³/mol. The fourth-order valence-corrected chi connectivity index (χ4v) is 3.05. The first-order valence-corrected chi connectivity index (χ1v) is 5.47. The Hall–Kier alpha value is -0.340. The van der Waals surface area contributed by atoms with E-state index in [1.807, 2.05) is 0 Å². The zero-order chi connectivity index (χ0) is 9.47. The fraction of sp³-hybridized carbons (Fsp3) is 0.455. The molecular formula is C11H14BrN. The number of aryl methyl sites for hydroxylation is 1. The maximum Gasteiger partial charge on any atom is 0.0395 e. The van der Waals surface area contributed by atoms with Crippen molar-refractivity contribution < 1.29 is 0 Å². The van der Waals surface area contributed by atoms with Crippen molar-refractivity contribution in [2.75, 3.05) is 0 Å². The second-order valence-electron chi connectivity index (χ2n) is 4.04. The van der Waals surface area contributed by atoms with Crippen LogP contribution >= 0.6 is 15.9 Å². The first-order chi connectivity index (χ1) is 6.11. The maximum atomic E-state index is 6.26. The van der Waals surface area contributed by atoms with Crippen molar-refractivity contribution in [3.63, 3.8) is 0 Å². The highest BCUT2D eigenvalue weighted by Crippen LogP contribution is 2.37. The molecule has 0 radical (unpaired) electrons. The fourth-order valence-electron chi connectivity index (χ4n) is 2.19. The van der Waals surface area contributed by atoms with E-state index in [2.05, 4.69) is 41.1 Å². The number of nitrogens with two attached hydrogens (primary N) is 1. The van der Waals surface area contributed by atoms with Crippen molar-refractivity contribution in [2.24, 2.45) is 5.73 Å². The first kappa shape index (κ1) is 9.22. The van der Waals surface area contributed by atoms with Crippen LogP contribution in [-0.2, 0) is 12.0 Å². The Bertz CT molecular complexity index is 331. The summed E-state index contributed by atoms with van der Waals surface area (Å²) < 4.78 is 1.16. The maximum absolute atomic E-state index is 6.26. The number of fused-ring (bicyclic) bond motifs is 1. The molecule has 2 rings (SSSR count). The van der Waals surface area contributed by atoms with E-state index in [1.165, 1.54) is 24.0 Å². The Balaban J connectivity index is 2.61. The van der Waals surface area contributed by atoms with Crippen molar-refractivity contribution in [1.29, 1.82) is 0 Å². The third-order valence-corrected chi connectivity index (χ3v) is 3.47. The lowest BCUT2D eigenvalue weighted by molar-refractivity contribution is 0.407. The van der Waals surface area contributed by atoms with Gasteiger partial charge >= 0.3 is 0 Å². The lowest BCUT2D eigenvalue weighted by atomic mass is 9.79. The Kier molecular flexibility index (Phi) is 2.20. The summed E-state index contributed by atoms with van der Waals surface area (Å²) in [5.41, 5.74) is 8.83. The van der Waals surface area contributed by atoms with Gasteiger partial charge in [-0.3, -0.25) is 0 Å². The van der Waals surface area contributed by atoms with Gasteiger partial charge in [0.05, 0.1) is 0 Å². The average molecular weight is 240 g/mol. The number of rotatable bonds is 0. The van der Waals surface area contributed by atoms with E-state index in [0.717, 1.165) is 10.9 Å². The first-order valence-electron chi connectivity index (χ1n) is 4.68. The lowest BCUT2D eigenvalue weighted by Gasteiger charge is -2.33. The zero-order valence-electron chi connectivity index (χ0n) is 7.81. The molecule has 0 saturated heterocycles. The highest BCUT2D eigenvalue weighted by molar-refractivity contribution is 9.10. The third-order valence-electron chi connectivity index (χ3n) is 2.81. The van der Waals surface area contributed by atoms with E-state index in [0.29, 0.717) is 0 Å². The molecule has 1 aliphatic rings. The quantitative estimate of drug-likeness (QED) is 0.741. The molecule has 13 heavy (non-hydrogen) atoms. The average Bonchev–Trinajstić information content (AvgIpc) is 2.02. The number of hydrogen-bond donors (Lipinski definition) is 1. The van der Waals surface area contributed by atoms with Crippen LogP contribution in [0.3, 0.4) is 0 Å². The smallest absolute Gasteiger partial charge is 0.0395 e. The summed E-state index contributed by atoms with van der Waals surface area (Å²) in [6, 6.07) is 6.35. The van der Waals surface area contributed by atoms with Crippen LogP contribution in [-0.4, -0.2) is 0 Å². The minimum Gasteiger partial charge on any atom is -0.322 e. The highest BCUT2D eigenvalue weighted by atomic mass is 79.9. The molecule has 0 aromatic heterocycles. The second kappa shape index (κ2) is 3.10. The van der Waals surface area contributed by atoms with Crippen molar-refractivity contribution in [2.45, 2.75) is 31.7 Å². The van der Waals surface area contributed by atoms with Gasteiger partial charge in [0.15, 0.2) is 0 Å². The van der Waals surface area contributed by atoms with Gasteiger partial charge in [-0.2, -0.15) is 0 Å². The summed E-state index contributed by atoms with van der Waals surface area (Å²) in [4.78, 5) is 0. The molecule has 70 valence electrons. The monoisotopic (exact) mass is 239 g/mol. The van der Waals surface area contributed by atoms with Crippen molar-refractivity contribution >= 4 is 15.9 Å². The second-order valence-corrected chi connectivity index (χ2v) is 4.90. The van der Waals surface area contributed by atoms with Gasteiger partial charge in [-0.05, 0) is 43.4 Å². The third kappa shape index (κ3) is 1.53. The van der Waals surface area contributed by atoms with Crippen molar-refractivity contribution in [1.82, 2.24) is 0 Å². The summed E-state index contributed by atoms with van der Waals surface area (Å²) in [5.74, 6) is 0. The van der Waals surface area contributed by atoms with E-state index in [-0.39, 0.29) is 5.54 Å². The Morgan fingerprint density at radius 3 is 2.92 bits per heavy atom. The molecule has 1 aromatic carbocycles. The zero-order valence-corrected chi connectivity index (χ0v) is 9.39. The Labute approximate surface area is 87.5 Å². The molecule has 0 amide bonds. The van der Waals surface area contributed by atoms with Crippen LogP contribution in [0.1, 0.15) is 30.9 Å². The normalized spacial score (nSPS) is 27.0. The molecule has 1 aromatic rings. The SMILES string of the molecule is CC1(N)CCCc2cccc(Br)c21. The molecule has 2 N–H and O–H groups in total.